The van der Waals surface area contributed by atoms with E-state index in [0.29, 0.717) is 39.4 Å². The number of benzene rings is 2. The van der Waals surface area contributed by atoms with E-state index in [1.54, 1.807) is 0 Å². The summed E-state index contributed by atoms with van der Waals surface area (Å²) in [4.78, 5) is 9.77. The molecule has 5 rings (SSSR count). The number of aromatic nitrogens is 2. The third-order valence-electron chi connectivity index (χ3n) is 7.59. The van der Waals surface area contributed by atoms with Crippen molar-refractivity contribution in [2.24, 2.45) is 0 Å². The number of hydrogen-bond acceptors (Lipinski definition) is 6. The van der Waals surface area contributed by atoms with Crippen LogP contribution in [-0.2, 0) is 50.2 Å². The number of rotatable bonds is 0. The molecule has 0 atom stereocenters. The molecule has 2 aromatic heterocycles. The van der Waals surface area contributed by atoms with E-state index in [-0.39, 0.29) is 10.8 Å². The van der Waals surface area contributed by atoms with E-state index >= 15 is 0 Å². The van der Waals surface area contributed by atoms with E-state index in [2.05, 4.69) is 107 Å². The van der Waals surface area contributed by atoms with Crippen molar-refractivity contribution in [3.8, 4) is 11.5 Å². The largest absolute Gasteiger partial charge is 0.487 e. The Morgan fingerprint density at radius 2 is 0.929 bits per heavy atom. The average molecular weight is 565 g/mol. The molecule has 0 amide bonds. The van der Waals surface area contributed by atoms with Crippen LogP contribution in [0.25, 0.3) is 0 Å². The highest BCUT2D eigenvalue weighted by Crippen LogP contribution is 2.31. The standard InChI is InChI=1S/C36H44N4O2/c1-35(2,3)27-15-13-25-19-37-21-29-9-7-10-30(39-29)22-38-20-26-14-16-28(36(4,5)6)18-34(26)42-24-32-12-8-11-31(40-32)23-41-33(25)17-27/h7-18,37-38H,19-24H2,1-6H3. The zero-order valence-corrected chi connectivity index (χ0v) is 25.9. The lowest BCUT2D eigenvalue weighted by Crippen LogP contribution is -2.18. The maximum atomic E-state index is 6.43. The molecule has 2 N–H and O–H groups in total. The summed E-state index contributed by atoms with van der Waals surface area (Å²) in [5, 5.41) is 7.14. The first kappa shape index (κ1) is 29.7. The number of fused-ring (bicyclic) bond motifs is 6. The minimum atomic E-state index is 0.0199. The first-order valence-electron chi connectivity index (χ1n) is 14.9. The van der Waals surface area contributed by atoms with Gasteiger partial charge in [-0.25, -0.2) is 0 Å². The second-order valence-corrected chi connectivity index (χ2v) is 13.2. The van der Waals surface area contributed by atoms with Gasteiger partial charge in [-0.1, -0.05) is 77.9 Å². The maximum absolute atomic E-state index is 6.43. The summed E-state index contributed by atoms with van der Waals surface area (Å²) in [6, 6.07) is 25.3. The minimum Gasteiger partial charge on any atom is -0.487 e. The molecule has 3 heterocycles. The van der Waals surface area contributed by atoms with Gasteiger partial charge in [0.25, 0.3) is 0 Å². The van der Waals surface area contributed by atoms with Crippen LogP contribution in [0.15, 0.2) is 72.8 Å². The van der Waals surface area contributed by atoms with Gasteiger partial charge in [0.15, 0.2) is 0 Å². The highest BCUT2D eigenvalue weighted by molar-refractivity contribution is 5.41. The van der Waals surface area contributed by atoms with E-state index in [0.717, 1.165) is 45.4 Å². The molecule has 1 aliphatic rings. The fraction of sp³-hybridized carbons (Fsp3) is 0.389. The zero-order chi connectivity index (χ0) is 29.7. The molecule has 0 fully saturated rings. The number of pyridine rings is 2. The van der Waals surface area contributed by atoms with Gasteiger partial charge in [0.05, 0.1) is 22.8 Å². The zero-order valence-electron chi connectivity index (χ0n) is 25.9. The van der Waals surface area contributed by atoms with Gasteiger partial charge in [0.1, 0.15) is 24.7 Å². The molecule has 2 aromatic carbocycles. The van der Waals surface area contributed by atoms with Crippen LogP contribution in [0, 0.1) is 0 Å². The van der Waals surface area contributed by atoms with Gasteiger partial charge in [0.2, 0.25) is 0 Å². The Morgan fingerprint density at radius 3 is 1.36 bits per heavy atom. The number of hydrogen-bond donors (Lipinski definition) is 2. The smallest absolute Gasteiger partial charge is 0.130 e. The summed E-state index contributed by atoms with van der Waals surface area (Å²) >= 11 is 0. The molecule has 0 aliphatic carbocycles. The fourth-order valence-corrected chi connectivity index (χ4v) is 4.97. The molecule has 0 unspecified atom stereocenters. The minimum absolute atomic E-state index is 0.0199. The summed E-state index contributed by atoms with van der Waals surface area (Å²) in [5.41, 5.74) is 8.50. The molecule has 6 nitrogen and oxygen atoms in total. The predicted molar refractivity (Wildman–Crippen MR) is 169 cm³/mol. The van der Waals surface area contributed by atoms with Crippen LogP contribution in [0.1, 0.15) is 86.6 Å². The summed E-state index contributed by atoms with van der Waals surface area (Å²) < 4.78 is 12.9. The predicted octanol–water partition coefficient (Wildman–Crippen LogP) is 7.12. The van der Waals surface area contributed by atoms with E-state index in [1.165, 1.54) is 11.1 Å². The Balaban J connectivity index is 1.46. The van der Waals surface area contributed by atoms with Gasteiger partial charge in [-0.05, 0) is 58.4 Å². The van der Waals surface area contributed by atoms with Gasteiger partial charge in [0, 0.05) is 37.3 Å². The topological polar surface area (TPSA) is 68.3 Å². The lowest BCUT2D eigenvalue weighted by molar-refractivity contribution is 0.285. The van der Waals surface area contributed by atoms with Gasteiger partial charge >= 0.3 is 0 Å². The molecular formula is C36H44N4O2. The van der Waals surface area contributed by atoms with E-state index in [9.17, 15) is 0 Å². The molecule has 0 saturated heterocycles. The van der Waals surface area contributed by atoms with E-state index < -0.39 is 0 Å². The van der Waals surface area contributed by atoms with Crippen molar-refractivity contribution >= 4 is 0 Å². The Morgan fingerprint density at radius 1 is 0.524 bits per heavy atom. The third kappa shape index (κ3) is 7.75. The van der Waals surface area contributed by atoms with Crippen molar-refractivity contribution in [2.75, 3.05) is 0 Å². The van der Waals surface area contributed by atoms with Crippen molar-refractivity contribution in [2.45, 2.75) is 91.8 Å². The van der Waals surface area contributed by atoms with Crippen LogP contribution in [0.4, 0.5) is 0 Å². The Kier molecular flexibility index (Phi) is 8.95. The lowest BCUT2D eigenvalue weighted by Gasteiger charge is -2.22. The summed E-state index contributed by atoms with van der Waals surface area (Å²) in [7, 11) is 0. The molecule has 220 valence electrons. The van der Waals surface area contributed by atoms with Gasteiger partial charge < -0.3 is 20.1 Å². The van der Waals surface area contributed by atoms with Crippen molar-refractivity contribution < 1.29 is 9.47 Å². The van der Waals surface area contributed by atoms with Gasteiger partial charge in [-0.15, -0.1) is 0 Å². The first-order valence-corrected chi connectivity index (χ1v) is 14.9. The van der Waals surface area contributed by atoms with Crippen LogP contribution in [0.2, 0.25) is 0 Å². The Bertz CT molecular complexity index is 1410. The molecule has 4 aromatic rings. The second kappa shape index (κ2) is 12.6. The number of nitrogens with one attached hydrogen (secondary N) is 2. The van der Waals surface area contributed by atoms with Crippen molar-refractivity contribution in [1.82, 2.24) is 20.6 Å². The Hall–Kier alpha value is -3.74. The average Bonchev–Trinajstić information content (AvgIpc) is 2.95. The molecule has 4 bridgehead atoms. The normalized spacial score (nSPS) is 15.0. The van der Waals surface area contributed by atoms with Crippen LogP contribution >= 0.6 is 0 Å². The highest BCUT2D eigenvalue weighted by Gasteiger charge is 2.18. The van der Waals surface area contributed by atoms with Crippen LogP contribution in [0.5, 0.6) is 11.5 Å². The maximum Gasteiger partial charge on any atom is 0.130 e. The SMILES string of the molecule is CC(C)(C)c1ccc2c(c1)OCc1cccc(n1)COc1cc(C(C)(C)C)ccc1CNCc1cccc(n1)CNC2. The highest BCUT2D eigenvalue weighted by atomic mass is 16.5. The van der Waals surface area contributed by atoms with Crippen LogP contribution in [-0.4, -0.2) is 9.97 Å². The number of nitrogens with zero attached hydrogens (tertiary/aromatic N) is 2. The van der Waals surface area contributed by atoms with Crippen LogP contribution in [0.3, 0.4) is 0 Å². The second-order valence-electron chi connectivity index (χ2n) is 13.2. The van der Waals surface area contributed by atoms with Gasteiger partial charge in [-0.3, -0.25) is 9.97 Å². The molecule has 0 saturated carbocycles. The molecule has 0 radical (unpaired) electrons. The van der Waals surface area contributed by atoms with Gasteiger partial charge in [-0.2, -0.15) is 0 Å². The number of ether oxygens (including phenoxy) is 2. The molecule has 0 spiro atoms. The molecule has 6 heteroatoms. The third-order valence-corrected chi connectivity index (χ3v) is 7.59. The fourth-order valence-electron chi connectivity index (χ4n) is 4.97. The molecule has 42 heavy (non-hydrogen) atoms. The van der Waals surface area contributed by atoms with Crippen LogP contribution < -0.4 is 20.1 Å². The van der Waals surface area contributed by atoms with Crippen molar-refractivity contribution in [1.29, 1.82) is 0 Å². The molecular weight excluding hydrogens is 520 g/mol. The van der Waals surface area contributed by atoms with Crippen molar-refractivity contribution in [3.05, 3.63) is 118 Å². The molecule has 1 aliphatic heterocycles. The van der Waals surface area contributed by atoms with E-state index in [1.807, 2.05) is 18.2 Å². The van der Waals surface area contributed by atoms with Crippen molar-refractivity contribution in [3.63, 3.8) is 0 Å². The monoisotopic (exact) mass is 564 g/mol. The summed E-state index contributed by atoms with van der Waals surface area (Å²) in [6.07, 6.45) is 0. The van der Waals surface area contributed by atoms with E-state index in [4.69, 9.17) is 19.4 Å². The Labute approximate surface area is 250 Å². The summed E-state index contributed by atoms with van der Waals surface area (Å²) in [6.45, 7) is 16.8. The summed E-state index contributed by atoms with van der Waals surface area (Å²) in [5.74, 6) is 1.75. The lowest BCUT2D eigenvalue weighted by atomic mass is 9.86. The first-order chi connectivity index (χ1) is 20.0. The quantitative estimate of drug-likeness (QED) is 0.237.